The highest BCUT2D eigenvalue weighted by atomic mass is 35.5. The van der Waals surface area contributed by atoms with Crippen molar-refractivity contribution in [2.45, 2.75) is 30.2 Å². The fourth-order valence-corrected chi connectivity index (χ4v) is 4.35. The van der Waals surface area contributed by atoms with E-state index in [0.717, 1.165) is 11.1 Å². The summed E-state index contributed by atoms with van der Waals surface area (Å²) < 4.78 is -0.983. The van der Waals surface area contributed by atoms with Crippen LogP contribution < -0.4 is 0 Å². The summed E-state index contributed by atoms with van der Waals surface area (Å²) >= 11 is 19.2. The number of aliphatic hydroxyl groups is 1. The van der Waals surface area contributed by atoms with E-state index in [1.165, 1.54) is 0 Å². The molecule has 2 atom stereocenters. The Balaban J connectivity index is 2.30. The maximum Gasteiger partial charge on any atom is 0.127 e. The molecule has 0 unspecified atom stereocenters. The van der Waals surface area contributed by atoms with Crippen LogP contribution in [-0.4, -0.2) is 9.44 Å². The molecule has 1 N–H and O–H groups in total. The monoisotopic (exact) mass is 354 g/mol. The molecule has 1 saturated carbocycles. The van der Waals surface area contributed by atoms with Gasteiger partial charge in [-0.05, 0) is 30.5 Å². The SMILES string of the molecule is Cc1ccccc1[C@@](O)(c1ccccc1Cl)[C@]1(C)CC1(Cl)Cl. The molecule has 1 nitrogen and oxygen atoms in total. The van der Waals surface area contributed by atoms with Crippen LogP contribution in [0.15, 0.2) is 48.5 Å². The first-order valence-corrected chi connectivity index (χ1v) is 8.29. The molecule has 0 radical (unpaired) electrons. The average Bonchev–Trinajstić information content (AvgIpc) is 2.99. The minimum atomic E-state index is -1.35. The Hall–Kier alpha value is -0.730. The summed E-state index contributed by atoms with van der Waals surface area (Å²) in [5, 5.41) is 12.3. The predicted molar refractivity (Wildman–Crippen MR) is 92.8 cm³/mol. The van der Waals surface area contributed by atoms with Gasteiger partial charge in [-0.25, -0.2) is 0 Å². The number of halogens is 3. The van der Waals surface area contributed by atoms with E-state index >= 15 is 0 Å². The molecule has 4 heteroatoms. The van der Waals surface area contributed by atoms with Gasteiger partial charge in [0.25, 0.3) is 0 Å². The van der Waals surface area contributed by atoms with Crippen LogP contribution >= 0.6 is 34.8 Å². The molecule has 22 heavy (non-hydrogen) atoms. The second kappa shape index (κ2) is 5.14. The molecule has 0 amide bonds. The first-order valence-electron chi connectivity index (χ1n) is 7.15. The average molecular weight is 356 g/mol. The quantitative estimate of drug-likeness (QED) is 0.724. The zero-order chi connectivity index (χ0) is 16.2. The van der Waals surface area contributed by atoms with Gasteiger partial charge >= 0.3 is 0 Å². The molecule has 0 aromatic heterocycles. The third-order valence-corrected chi connectivity index (χ3v) is 6.29. The van der Waals surface area contributed by atoms with Crippen molar-refractivity contribution in [3.8, 4) is 0 Å². The van der Waals surface area contributed by atoms with Crippen molar-refractivity contribution < 1.29 is 5.11 Å². The highest BCUT2D eigenvalue weighted by Gasteiger charge is 2.74. The van der Waals surface area contributed by atoms with Crippen molar-refractivity contribution in [1.82, 2.24) is 0 Å². The second-order valence-electron chi connectivity index (χ2n) is 6.22. The van der Waals surface area contributed by atoms with Crippen LogP contribution in [-0.2, 0) is 5.60 Å². The number of hydrogen-bond acceptors (Lipinski definition) is 1. The standard InChI is InChI=1S/C18H17Cl3O/c1-12-7-3-4-8-13(12)18(22,16(2)11-17(16,20)21)14-9-5-6-10-15(14)19/h3-10,22H,11H2,1-2H3/t16-,18-/m1/s1. The molecular weight excluding hydrogens is 339 g/mol. The highest BCUT2D eigenvalue weighted by molar-refractivity contribution is 6.51. The normalized spacial score (nSPS) is 25.5. The van der Waals surface area contributed by atoms with Gasteiger partial charge in [0.1, 0.15) is 9.93 Å². The predicted octanol–water partition coefficient (Wildman–Crippen LogP) is 5.47. The number of hydrogen-bond donors (Lipinski definition) is 1. The number of rotatable bonds is 3. The van der Waals surface area contributed by atoms with Crippen LogP contribution in [0.1, 0.15) is 30.0 Å². The summed E-state index contributed by atoms with van der Waals surface area (Å²) in [6.07, 6.45) is 0.499. The molecule has 0 spiro atoms. The highest BCUT2D eigenvalue weighted by Crippen LogP contribution is 2.73. The maximum atomic E-state index is 11.8. The zero-order valence-corrected chi connectivity index (χ0v) is 14.7. The van der Waals surface area contributed by atoms with Crippen molar-refractivity contribution in [2.24, 2.45) is 5.41 Å². The van der Waals surface area contributed by atoms with Crippen LogP contribution in [0.5, 0.6) is 0 Å². The molecule has 2 aromatic rings. The molecule has 1 fully saturated rings. The van der Waals surface area contributed by atoms with Gasteiger partial charge in [0, 0.05) is 16.0 Å². The van der Waals surface area contributed by atoms with Gasteiger partial charge in [-0.3, -0.25) is 0 Å². The van der Waals surface area contributed by atoms with Crippen LogP contribution in [0, 0.1) is 12.3 Å². The van der Waals surface area contributed by atoms with Gasteiger partial charge in [0.15, 0.2) is 0 Å². The zero-order valence-electron chi connectivity index (χ0n) is 12.4. The molecular formula is C18H17Cl3O. The van der Waals surface area contributed by atoms with Crippen LogP contribution in [0.3, 0.4) is 0 Å². The summed E-state index contributed by atoms with van der Waals surface area (Å²) in [5.41, 5.74) is 0.341. The lowest BCUT2D eigenvalue weighted by atomic mass is 9.73. The van der Waals surface area contributed by atoms with Gasteiger partial charge in [0.05, 0.1) is 0 Å². The molecule has 0 saturated heterocycles. The molecule has 116 valence electrons. The van der Waals surface area contributed by atoms with Crippen molar-refractivity contribution in [2.75, 3.05) is 0 Å². The van der Waals surface area contributed by atoms with Gasteiger partial charge in [-0.1, -0.05) is 61.0 Å². The summed E-state index contributed by atoms with van der Waals surface area (Å²) in [7, 11) is 0. The van der Waals surface area contributed by atoms with Crippen LogP contribution in [0.4, 0.5) is 0 Å². The summed E-state index contributed by atoms with van der Waals surface area (Å²) in [4.78, 5) is 0. The fourth-order valence-electron chi connectivity index (χ4n) is 3.27. The van der Waals surface area contributed by atoms with Gasteiger partial charge < -0.3 is 5.11 Å². The topological polar surface area (TPSA) is 20.2 Å². The molecule has 0 heterocycles. The molecule has 0 bridgehead atoms. The van der Waals surface area contributed by atoms with E-state index in [0.29, 0.717) is 17.0 Å². The van der Waals surface area contributed by atoms with Crippen LogP contribution in [0.25, 0.3) is 0 Å². The van der Waals surface area contributed by atoms with E-state index in [-0.39, 0.29) is 0 Å². The molecule has 0 aliphatic heterocycles. The Morgan fingerprint density at radius 3 is 2.00 bits per heavy atom. The Kier molecular flexibility index (Phi) is 3.77. The first-order chi connectivity index (χ1) is 10.2. The molecule has 1 aliphatic carbocycles. The summed E-state index contributed by atoms with van der Waals surface area (Å²) in [5.74, 6) is 0. The summed E-state index contributed by atoms with van der Waals surface area (Å²) in [6, 6.07) is 15.0. The van der Waals surface area contributed by atoms with Crippen molar-refractivity contribution in [3.63, 3.8) is 0 Å². The second-order valence-corrected chi connectivity index (χ2v) is 8.11. The Bertz CT molecular complexity index is 680. The number of aryl methyl sites for hydroxylation is 1. The van der Waals surface area contributed by atoms with Gasteiger partial charge in [0.2, 0.25) is 0 Å². The van der Waals surface area contributed by atoms with E-state index in [1.807, 2.05) is 56.3 Å². The largest absolute Gasteiger partial charge is 0.380 e. The lowest BCUT2D eigenvalue weighted by Gasteiger charge is -2.38. The Labute approximate surface area is 145 Å². The lowest BCUT2D eigenvalue weighted by molar-refractivity contribution is 0.00792. The Morgan fingerprint density at radius 1 is 1.00 bits per heavy atom. The van der Waals surface area contributed by atoms with E-state index in [9.17, 15) is 5.11 Å². The van der Waals surface area contributed by atoms with E-state index < -0.39 is 15.3 Å². The summed E-state index contributed by atoms with van der Waals surface area (Å²) in [6.45, 7) is 3.87. The van der Waals surface area contributed by atoms with Gasteiger partial charge in [-0.15, -0.1) is 23.2 Å². The fraction of sp³-hybridized carbons (Fsp3) is 0.333. The van der Waals surface area contributed by atoms with Crippen molar-refractivity contribution >= 4 is 34.8 Å². The van der Waals surface area contributed by atoms with Crippen LogP contribution in [0.2, 0.25) is 5.02 Å². The van der Waals surface area contributed by atoms with E-state index in [4.69, 9.17) is 34.8 Å². The third-order valence-electron chi connectivity index (χ3n) is 4.85. The van der Waals surface area contributed by atoms with Crippen molar-refractivity contribution in [3.05, 3.63) is 70.2 Å². The minimum absolute atomic E-state index is 0.499. The third kappa shape index (κ3) is 2.11. The maximum absolute atomic E-state index is 11.8. The Morgan fingerprint density at radius 2 is 1.50 bits per heavy atom. The molecule has 3 rings (SSSR count). The van der Waals surface area contributed by atoms with Gasteiger partial charge in [-0.2, -0.15) is 0 Å². The molecule has 2 aromatic carbocycles. The lowest BCUT2D eigenvalue weighted by Crippen LogP contribution is -2.40. The number of alkyl halides is 2. The first kappa shape index (κ1) is 16.1. The van der Waals surface area contributed by atoms with Crippen molar-refractivity contribution in [1.29, 1.82) is 0 Å². The minimum Gasteiger partial charge on any atom is -0.380 e. The molecule has 1 aliphatic rings. The smallest absolute Gasteiger partial charge is 0.127 e. The van der Waals surface area contributed by atoms with E-state index in [2.05, 4.69) is 0 Å². The number of benzene rings is 2. The van der Waals surface area contributed by atoms with E-state index in [1.54, 1.807) is 6.07 Å².